The Balaban J connectivity index is 2.13. The zero-order chi connectivity index (χ0) is 9.97. The summed E-state index contributed by atoms with van der Waals surface area (Å²) in [5.41, 5.74) is 1.78. The van der Waals surface area contributed by atoms with E-state index >= 15 is 0 Å². The van der Waals surface area contributed by atoms with E-state index in [2.05, 4.69) is 42.1 Å². The lowest BCUT2D eigenvalue weighted by molar-refractivity contribution is -0.126. The molecule has 0 aromatic carbocycles. The van der Waals surface area contributed by atoms with E-state index in [0.29, 0.717) is 13.1 Å². The van der Waals surface area contributed by atoms with Gasteiger partial charge in [0.1, 0.15) is 5.69 Å². The van der Waals surface area contributed by atoms with Crippen molar-refractivity contribution in [2.75, 3.05) is 6.54 Å². The maximum atomic E-state index is 11.4. The monoisotopic (exact) mass is 254 g/mol. The second-order valence-electron chi connectivity index (χ2n) is 2.91. The van der Waals surface area contributed by atoms with Crippen LogP contribution in [0.15, 0.2) is 0 Å². The summed E-state index contributed by atoms with van der Waals surface area (Å²) in [5.74, 6) is 2.25. The maximum Gasteiger partial charge on any atom is 0.299 e. The molecule has 1 aliphatic heterocycles. The fourth-order valence-corrected chi connectivity index (χ4v) is 1.56. The van der Waals surface area contributed by atoms with E-state index in [4.69, 9.17) is 0 Å². The molecule has 0 saturated heterocycles. The highest BCUT2D eigenvalue weighted by molar-refractivity contribution is 9.12. The van der Waals surface area contributed by atoms with Crippen molar-refractivity contribution in [3.05, 3.63) is 11.4 Å². The Bertz CT molecular complexity index is 416. The summed E-state index contributed by atoms with van der Waals surface area (Å²) < 4.78 is 0. The van der Waals surface area contributed by atoms with Crippen molar-refractivity contribution < 1.29 is 4.79 Å². The lowest BCUT2D eigenvalue weighted by Crippen LogP contribution is -2.35. The van der Waals surface area contributed by atoms with Gasteiger partial charge in [0.05, 0.1) is 12.2 Å². The molecule has 0 fully saturated rings. The number of aromatic nitrogens is 3. The highest BCUT2D eigenvalue weighted by Gasteiger charge is 2.22. The third-order valence-corrected chi connectivity index (χ3v) is 2.30. The average molecular weight is 255 g/mol. The minimum absolute atomic E-state index is 0.185. The first kappa shape index (κ1) is 9.21. The zero-order valence-electron chi connectivity index (χ0n) is 7.25. The molecule has 14 heavy (non-hydrogen) atoms. The molecule has 2 rings (SSSR count). The molecule has 0 radical (unpaired) electrons. The molecule has 1 N–H and O–H groups in total. The van der Waals surface area contributed by atoms with E-state index in [1.807, 2.05) is 0 Å². The maximum absolute atomic E-state index is 11.4. The number of carbonyl (C=O) groups is 1. The second kappa shape index (κ2) is 3.80. The normalized spacial score (nSPS) is 14.2. The van der Waals surface area contributed by atoms with Gasteiger partial charge in [0, 0.05) is 34.8 Å². The van der Waals surface area contributed by atoms with Gasteiger partial charge in [0.25, 0.3) is 5.91 Å². The Kier molecular flexibility index (Phi) is 2.50. The van der Waals surface area contributed by atoms with Gasteiger partial charge in [-0.25, -0.2) is 0 Å². The van der Waals surface area contributed by atoms with Crippen LogP contribution in [0, 0.1) is 10.8 Å². The van der Waals surface area contributed by atoms with Gasteiger partial charge >= 0.3 is 0 Å². The topological polar surface area (TPSA) is 61.9 Å². The number of amides is 1. The van der Waals surface area contributed by atoms with Crippen molar-refractivity contribution in [1.29, 1.82) is 0 Å². The summed E-state index contributed by atoms with van der Waals surface area (Å²) in [6, 6.07) is 0. The van der Waals surface area contributed by atoms with Crippen LogP contribution in [0.4, 0.5) is 0 Å². The summed E-state index contributed by atoms with van der Waals surface area (Å²) >= 11 is 2.90. The molecule has 1 aliphatic rings. The SMILES string of the molecule is O=C(C#CBr)N1CCc2n[nH]nc2C1. The van der Waals surface area contributed by atoms with Crippen LogP contribution < -0.4 is 0 Å². The molecule has 0 saturated carbocycles. The molecule has 0 aliphatic carbocycles. The molecule has 2 heterocycles. The number of nitrogens with one attached hydrogen (secondary N) is 1. The standard InChI is InChI=1S/C8H7BrN4O/c9-3-1-8(14)13-4-2-6-7(5-13)11-12-10-6/h2,4-5H2,(H,10,11,12). The molecule has 1 aromatic heterocycles. The van der Waals surface area contributed by atoms with Crippen LogP contribution in [0.2, 0.25) is 0 Å². The van der Waals surface area contributed by atoms with Gasteiger partial charge in [-0.05, 0) is 4.83 Å². The number of aromatic amines is 1. The summed E-state index contributed by atoms with van der Waals surface area (Å²) in [4.78, 5) is 15.5. The lowest BCUT2D eigenvalue weighted by atomic mass is 10.1. The third-order valence-electron chi connectivity index (χ3n) is 2.10. The molecular formula is C8H7BrN4O. The number of carbonyl (C=O) groups excluding carboxylic acids is 1. The number of nitrogens with zero attached hydrogens (tertiary/aromatic N) is 3. The van der Waals surface area contributed by atoms with Crippen molar-refractivity contribution in [3.63, 3.8) is 0 Å². The third kappa shape index (κ3) is 1.63. The van der Waals surface area contributed by atoms with Gasteiger partial charge in [0.2, 0.25) is 0 Å². The molecule has 0 atom stereocenters. The first-order valence-electron chi connectivity index (χ1n) is 4.10. The molecule has 72 valence electrons. The number of H-pyrrole nitrogens is 1. The van der Waals surface area contributed by atoms with E-state index in [1.165, 1.54) is 0 Å². The Hall–Kier alpha value is -1.35. The first-order valence-corrected chi connectivity index (χ1v) is 4.89. The van der Waals surface area contributed by atoms with E-state index < -0.39 is 0 Å². The second-order valence-corrected chi connectivity index (χ2v) is 3.31. The summed E-state index contributed by atoms with van der Waals surface area (Å²) in [5, 5.41) is 10.5. The van der Waals surface area contributed by atoms with E-state index in [9.17, 15) is 4.79 Å². The summed E-state index contributed by atoms with van der Waals surface area (Å²) in [6.07, 6.45) is 0.738. The number of rotatable bonds is 0. The largest absolute Gasteiger partial charge is 0.325 e. The highest BCUT2D eigenvalue weighted by atomic mass is 79.9. The van der Waals surface area contributed by atoms with Gasteiger partial charge in [-0.15, -0.1) is 0 Å². The van der Waals surface area contributed by atoms with Gasteiger partial charge in [-0.1, -0.05) is 0 Å². The Morgan fingerprint density at radius 1 is 1.50 bits per heavy atom. The van der Waals surface area contributed by atoms with Crippen LogP contribution >= 0.6 is 15.9 Å². The molecule has 0 spiro atoms. The van der Waals surface area contributed by atoms with Crippen molar-refractivity contribution >= 4 is 21.8 Å². The summed E-state index contributed by atoms with van der Waals surface area (Å²) in [7, 11) is 0. The molecule has 5 nitrogen and oxygen atoms in total. The summed E-state index contributed by atoms with van der Waals surface area (Å²) in [6.45, 7) is 1.15. The minimum atomic E-state index is -0.185. The van der Waals surface area contributed by atoms with Crippen molar-refractivity contribution in [1.82, 2.24) is 20.3 Å². The lowest BCUT2D eigenvalue weighted by Gasteiger charge is -2.22. The van der Waals surface area contributed by atoms with Crippen LogP contribution in [0.3, 0.4) is 0 Å². The van der Waals surface area contributed by atoms with E-state index in [0.717, 1.165) is 17.8 Å². The van der Waals surface area contributed by atoms with Crippen molar-refractivity contribution in [2.45, 2.75) is 13.0 Å². The molecule has 1 aromatic rings. The minimum Gasteiger partial charge on any atom is -0.325 e. The number of fused-ring (bicyclic) bond motifs is 1. The quantitative estimate of drug-likeness (QED) is 0.666. The Morgan fingerprint density at radius 2 is 2.29 bits per heavy atom. The van der Waals surface area contributed by atoms with Crippen molar-refractivity contribution in [2.24, 2.45) is 0 Å². The van der Waals surface area contributed by atoms with Crippen LogP contribution in [0.25, 0.3) is 0 Å². The predicted molar refractivity (Wildman–Crippen MR) is 52.2 cm³/mol. The predicted octanol–water partition coefficient (Wildman–Crippen LogP) is 0.0452. The van der Waals surface area contributed by atoms with Gasteiger partial charge < -0.3 is 4.90 Å². The van der Waals surface area contributed by atoms with E-state index in [1.54, 1.807) is 4.90 Å². The molecule has 0 unspecified atom stereocenters. The first-order chi connectivity index (χ1) is 6.81. The highest BCUT2D eigenvalue weighted by Crippen LogP contribution is 2.13. The number of hydrogen-bond acceptors (Lipinski definition) is 3. The molecule has 1 amide bonds. The van der Waals surface area contributed by atoms with Gasteiger partial charge in [0.15, 0.2) is 0 Å². The Morgan fingerprint density at radius 3 is 3.07 bits per heavy atom. The molecular weight excluding hydrogens is 248 g/mol. The number of hydrogen-bond donors (Lipinski definition) is 1. The van der Waals surface area contributed by atoms with Crippen LogP contribution in [-0.4, -0.2) is 32.8 Å². The fraction of sp³-hybridized carbons (Fsp3) is 0.375. The van der Waals surface area contributed by atoms with Crippen molar-refractivity contribution in [3.8, 4) is 10.8 Å². The number of halogens is 1. The van der Waals surface area contributed by atoms with Gasteiger partial charge in [-0.3, -0.25) is 4.79 Å². The molecule has 6 heteroatoms. The van der Waals surface area contributed by atoms with Gasteiger partial charge in [-0.2, -0.15) is 15.4 Å². The molecule has 0 bridgehead atoms. The van der Waals surface area contributed by atoms with Crippen LogP contribution in [0.1, 0.15) is 11.4 Å². The van der Waals surface area contributed by atoms with Crippen LogP contribution in [0.5, 0.6) is 0 Å². The van der Waals surface area contributed by atoms with E-state index in [-0.39, 0.29) is 5.91 Å². The Labute approximate surface area is 89.0 Å². The van der Waals surface area contributed by atoms with Crippen LogP contribution in [-0.2, 0) is 17.8 Å². The average Bonchev–Trinajstić information content (AvgIpc) is 2.64. The zero-order valence-corrected chi connectivity index (χ0v) is 8.84. The fourth-order valence-electron chi connectivity index (χ4n) is 1.40. The smallest absolute Gasteiger partial charge is 0.299 e.